The van der Waals surface area contributed by atoms with Gasteiger partial charge in [0.25, 0.3) is 0 Å². The van der Waals surface area contributed by atoms with E-state index in [2.05, 4.69) is 5.32 Å². The summed E-state index contributed by atoms with van der Waals surface area (Å²) in [6.07, 6.45) is -0.258. The first-order chi connectivity index (χ1) is 9.95. The highest BCUT2D eigenvalue weighted by atomic mass is 16.6. The molecule has 21 heavy (non-hydrogen) atoms. The third-order valence-corrected chi connectivity index (χ3v) is 2.71. The van der Waals surface area contributed by atoms with Crippen molar-refractivity contribution in [3.8, 4) is 0 Å². The van der Waals surface area contributed by atoms with E-state index in [1.807, 2.05) is 0 Å². The van der Waals surface area contributed by atoms with E-state index < -0.39 is 18.1 Å². The van der Waals surface area contributed by atoms with Crippen molar-refractivity contribution in [3.63, 3.8) is 0 Å². The maximum absolute atomic E-state index is 11.6. The third kappa shape index (κ3) is 5.13. The van der Waals surface area contributed by atoms with Crippen molar-refractivity contribution in [2.75, 3.05) is 20.2 Å². The van der Waals surface area contributed by atoms with Gasteiger partial charge in [0.05, 0.1) is 12.2 Å². The number of carbonyl (C=O) groups is 3. The molecular weight excluding hydrogens is 276 g/mol. The van der Waals surface area contributed by atoms with Crippen LogP contribution in [-0.2, 0) is 11.2 Å². The van der Waals surface area contributed by atoms with Gasteiger partial charge in [0, 0.05) is 13.6 Å². The van der Waals surface area contributed by atoms with Crippen molar-refractivity contribution in [1.29, 1.82) is 0 Å². The standard InChI is InChI=1S/C14H18N2O5/c1-3-21-14(20)16(2)13(19)15-8-7-10-5-4-6-11(9-10)12(17)18/h4-6,9H,3,7-8H2,1-2H3,(H,15,19)(H,17,18). The number of benzene rings is 1. The summed E-state index contributed by atoms with van der Waals surface area (Å²) >= 11 is 0. The van der Waals surface area contributed by atoms with Crippen LogP contribution >= 0.6 is 0 Å². The fourth-order valence-electron chi connectivity index (χ4n) is 1.60. The second-order valence-electron chi connectivity index (χ2n) is 4.25. The Balaban J connectivity index is 2.46. The van der Waals surface area contributed by atoms with Crippen LogP contribution in [0.1, 0.15) is 22.8 Å². The largest absolute Gasteiger partial charge is 0.478 e. The maximum Gasteiger partial charge on any atom is 0.417 e. The fraction of sp³-hybridized carbons (Fsp3) is 0.357. The van der Waals surface area contributed by atoms with Gasteiger partial charge in [0.2, 0.25) is 0 Å². The van der Waals surface area contributed by atoms with Gasteiger partial charge in [-0.25, -0.2) is 19.3 Å². The summed E-state index contributed by atoms with van der Waals surface area (Å²) in [5, 5.41) is 11.4. The number of rotatable bonds is 5. The number of nitrogens with zero attached hydrogens (tertiary/aromatic N) is 1. The molecule has 2 N–H and O–H groups in total. The van der Waals surface area contributed by atoms with Crippen LogP contribution in [0.5, 0.6) is 0 Å². The Morgan fingerprint density at radius 1 is 1.33 bits per heavy atom. The molecule has 0 fully saturated rings. The monoisotopic (exact) mass is 294 g/mol. The van der Waals surface area contributed by atoms with Crippen molar-refractivity contribution < 1.29 is 24.2 Å². The molecule has 114 valence electrons. The molecule has 0 unspecified atom stereocenters. The highest BCUT2D eigenvalue weighted by Gasteiger charge is 2.16. The topological polar surface area (TPSA) is 95.9 Å². The average Bonchev–Trinajstić information content (AvgIpc) is 2.46. The molecule has 1 aromatic rings. The van der Waals surface area contributed by atoms with Crippen LogP contribution in [-0.4, -0.2) is 48.3 Å². The zero-order chi connectivity index (χ0) is 15.8. The van der Waals surface area contributed by atoms with E-state index in [1.165, 1.54) is 13.1 Å². The number of amides is 3. The van der Waals surface area contributed by atoms with Crippen molar-refractivity contribution in [3.05, 3.63) is 35.4 Å². The van der Waals surface area contributed by atoms with E-state index >= 15 is 0 Å². The lowest BCUT2D eigenvalue weighted by molar-refractivity contribution is 0.0696. The highest BCUT2D eigenvalue weighted by Crippen LogP contribution is 2.05. The van der Waals surface area contributed by atoms with Crippen molar-refractivity contribution in [2.24, 2.45) is 0 Å². The summed E-state index contributed by atoms with van der Waals surface area (Å²) in [4.78, 5) is 34.6. The first-order valence-electron chi connectivity index (χ1n) is 6.46. The zero-order valence-electron chi connectivity index (χ0n) is 12.0. The highest BCUT2D eigenvalue weighted by molar-refractivity contribution is 5.90. The zero-order valence-corrected chi connectivity index (χ0v) is 12.0. The molecule has 0 aromatic heterocycles. The van der Waals surface area contributed by atoms with E-state index in [0.717, 1.165) is 10.5 Å². The number of hydrogen-bond donors (Lipinski definition) is 2. The molecule has 7 heteroatoms. The fourth-order valence-corrected chi connectivity index (χ4v) is 1.60. The minimum absolute atomic E-state index is 0.193. The molecule has 0 aliphatic carbocycles. The Kier molecular flexibility index (Phi) is 6.19. The smallest absolute Gasteiger partial charge is 0.417 e. The summed E-state index contributed by atoms with van der Waals surface area (Å²) in [6.45, 7) is 2.13. The second-order valence-corrected chi connectivity index (χ2v) is 4.25. The number of imide groups is 1. The van der Waals surface area contributed by atoms with Crippen LogP contribution in [0, 0.1) is 0 Å². The number of carbonyl (C=O) groups excluding carboxylic acids is 2. The predicted molar refractivity (Wildman–Crippen MR) is 75.3 cm³/mol. The van der Waals surface area contributed by atoms with Crippen LogP contribution in [0.25, 0.3) is 0 Å². The van der Waals surface area contributed by atoms with Gasteiger partial charge in [-0.15, -0.1) is 0 Å². The van der Waals surface area contributed by atoms with Gasteiger partial charge in [0.15, 0.2) is 0 Å². The summed E-state index contributed by atoms with van der Waals surface area (Å²) in [7, 11) is 1.32. The lowest BCUT2D eigenvalue weighted by atomic mass is 10.1. The first kappa shape index (κ1) is 16.5. The molecule has 3 amide bonds. The number of ether oxygens (including phenoxy) is 1. The summed E-state index contributed by atoms with van der Waals surface area (Å²) < 4.78 is 4.69. The third-order valence-electron chi connectivity index (χ3n) is 2.71. The molecule has 0 aliphatic rings. The molecule has 1 aromatic carbocycles. The Labute approximate surface area is 122 Å². The number of carboxylic acids is 1. The van der Waals surface area contributed by atoms with E-state index in [0.29, 0.717) is 6.42 Å². The van der Waals surface area contributed by atoms with Gasteiger partial charge in [-0.1, -0.05) is 12.1 Å². The second kappa shape index (κ2) is 7.88. The van der Waals surface area contributed by atoms with Crippen molar-refractivity contribution in [1.82, 2.24) is 10.2 Å². The number of aromatic carboxylic acids is 1. The van der Waals surface area contributed by atoms with E-state index in [4.69, 9.17) is 9.84 Å². The minimum atomic E-state index is -0.997. The number of urea groups is 1. The molecule has 0 radical (unpaired) electrons. The average molecular weight is 294 g/mol. The quantitative estimate of drug-likeness (QED) is 0.862. The van der Waals surface area contributed by atoms with Gasteiger partial charge < -0.3 is 15.2 Å². The molecule has 0 bridgehead atoms. The Hall–Kier alpha value is -2.57. The first-order valence-corrected chi connectivity index (χ1v) is 6.46. The van der Waals surface area contributed by atoms with Gasteiger partial charge in [0.1, 0.15) is 0 Å². The van der Waals surface area contributed by atoms with E-state index in [9.17, 15) is 14.4 Å². The van der Waals surface area contributed by atoms with Crippen molar-refractivity contribution in [2.45, 2.75) is 13.3 Å². The molecule has 7 nitrogen and oxygen atoms in total. The lowest BCUT2D eigenvalue weighted by Crippen LogP contribution is -2.42. The molecule has 0 saturated heterocycles. The summed E-state index contributed by atoms with van der Waals surface area (Å²) in [5.41, 5.74) is 0.983. The molecule has 0 spiro atoms. The van der Waals surface area contributed by atoms with Gasteiger partial charge >= 0.3 is 18.1 Å². The molecular formula is C14H18N2O5. The number of nitrogens with one attached hydrogen (secondary N) is 1. The van der Waals surface area contributed by atoms with Gasteiger partial charge in [-0.2, -0.15) is 0 Å². The number of carboxylic acid groups (broad SMARTS) is 1. The summed E-state index contributed by atoms with van der Waals surface area (Å²) in [5.74, 6) is -0.997. The summed E-state index contributed by atoms with van der Waals surface area (Å²) in [6, 6.07) is 5.89. The normalized spacial score (nSPS) is 9.81. The van der Waals surface area contributed by atoms with Crippen LogP contribution in [0.3, 0.4) is 0 Å². The molecule has 0 aliphatic heterocycles. The van der Waals surface area contributed by atoms with Crippen LogP contribution < -0.4 is 5.32 Å². The molecule has 0 saturated carbocycles. The Morgan fingerprint density at radius 3 is 2.67 bits per heavy atom. The van der Waals surface area contributed by atoms with Gasteiger partial charge in [-0.3, -0.25) is 0 Å². The number of hydrogen-bond acceptors (Lipinski definition) is 4. The predicted octanol–water partition coefficient (Wildman–Crippen LogP) is 1.73. The molecule has 0 atom stereocenters. The van der Waals surface area contributed by atoms with Crippen LogP contribution in [0.4, 0.5) is 9.59 Å². The molecule has 0 heterocycles. The van der Waals surface area contributed by atoms with Crippen molar-refractivity contribution >= 4 is 18.1 Å². The Bertz CT molecular complexity index is 530. The van der Waals surface area contributed by atoms with Crippen LogP contribution in [0.15, 0.2) is 24.3 Å². The maximum atomic E-state index is 11.6. The minimum Gasteiger partial charge on any atom is -0.478 e. The SMILES string of the molecule is CCOC(=O)N(C)C(=O)NCCc1cccc(C(=O)O)c1. The van der Waals surface area contributed by atoms with E-state index in [-0.39, 0.29) is 18.7 Å². The van der Waals surface area contributed by atoms with Crippen LogP contribution in [0.2, 0.25) is 0 Å². The van der Waals surface area contributed by atoms with E-state index in [1.54, 1.807) is 25.1 Å². The lowest BCUT2D eigenvalue weighted by Gasteiger charge is -2.15. The Morgan fingerprint density at radius 2 is 2.05 bits per heavy atom. The van der Waals surface area contributed by atoms with Gasteiger partial charge in [-0.05, 0) is 31.0 Å². The molecule has 1 rings (SSSR count).